The maximum atomic E-state index is 6.19. The zero-order chi connectivity index (χ0) is 12.3. The first-order chi connectivity index (χ1) is 8.24. The van der Waals surface area contributed by atoms with E-state index in [0.717, 1.165) is 22.6 Å². The van der Waals surface area contributed by atoms with Crippen molar-refractivity contribution in [2.24, 2.45) is 5.73 Å². The third-order valence-electron chi connectivity index (χ3n) is 2.52. The Morgan fingerprint density at radius 3 is 2.65 bits per heavy atom. The molecular weight excluding hydrogens is 236 g/mol. The fraction of sp³-hybridized carbons (Fsp3) is 0.154. The number of pyridine rings is 1. The van der Waals surface area contributed by atoms with Gasteiger partial charge in [0.25, 0.3) is 0 Å². The van der Waals surface area contributed by atoms with Gasteiger partial charge in [0.05, 0.1) is 24.0 Å². The SMILES string of the molecule is COc1ccc(-c2ccc(CN)cc2Cl)nc1. The van der Waals surface area contributed by atoms with Gasteiger partial charge in [0.1, 0.15) is 5.75 Å². The molecule has 3 nitrogen and oxygen atoms in total. The minimum absolute atomic E-state index is 0.482. The molecule has 0 saturated carbocycles. The van der Waals surface area contributed by atoms with E-state index >= 15 is 0 Å². The number of hydrogen-bond donors (Lipinski definition) is 1. The summed E-state index contributed by atoms with van der Waals surface area (Å²) in [6.45, 7) is 0.482. The molecule has 0 aliphatic heterocycles. The Kier molecular flexibility index (Phi) is 3.61. The van der Waals surface area contributed by atoms with Gasteiger partial charge < -0.3 is 10.5 Å². The average Bonchev–Trinajstić information content (AvgIpc) is 2.39. The second-order valence-corrected chi connectivity index (χ2v) is 4.01. The molecule has 0 radical (unpaired) electrons. The molecule has 0 spiro atoms. The highest BCUT2D eigenvalue weighted by atomic mass is 35.5. The predicted molar refractivity (Wildman–Crippen MR) is 69.1 cm³/mol. The molecule has 1 heterocycles. The zero-order valence-electron chi connectivity index (χ0n) is 9.48. The van der Waals surface area contributed by atoms with Crippen LogP contribution in [-0.4, -0.2) is 12.1 Å². The third kappa shape index (κ3) is 2.57. The number of hydrogen-bond acceptors (Lipinski definition) is 3. The number of nitrogens with two attached hydrogens (primary N) is 1. The Morgan fingerprint density at radius 2 is 2.12 bits per heavy atom. The van der Waals surface area contributed by atoms with Crippen molar-refractivity contribution in [1.29, 1.82) is 0 Å². The van der Waals surface area contributed by atoms with E-state index in [4.69, 9.17) is 22.1 Å². The Hall–Kier alpha value is -1.58. The van der Waals surface area contributed by atoms with Crippen molar-refractivity contribution in [2.45, 2.75) is 6.54 Å². The maximum absolute atomic E-state index is 6.19. The van der Waals surface area contributed by atoms with Crippen LogP contribution in [0, 0.1) is 0 Å². The molecule has 88 valence electrons. The van der Waals surface area contributed by atoms with E-state index in [2.05, 4.69) is 4.98 Å². The van der Waals surface area contributed by atoms with Crippen molar-refractivity contribution in [2.75, 3.05) is 7.11 Å². The lowest BCUT2D eigenvalue weighted by Crippen LogP contribution is -1.96. The molecule has 0 amide bonds. The van der Waals surface area contributed by atoms with Crippen LogP contribution in [0.15, 0.2) is 36.5 Å². The van der Waals surface area contributed by atoms with Gasteiger partial charge in [0.2, 0.25) is 0 Å². The number of methoxy groups -OCH3 is 1. The van der Waals surface area contributed by atoms with Crippen LogP contribution in [0.25, 0.3) is 11.3 Å². The van der Waals surface area contributed by atoms with Gasteiger partial charge in [-0.1, -0.05) is 23.7 Å². The van der Waals surface area contributed by atoms with Crippen LogP contribution in [0.1, 0.15) is 5.56 Å². The van der Waals surface area contributed by atoms with Gasteiger partial charge in [-0.05, 0) is 23.8 Å². The van der Waals surface area contributed by atoms with Crippen LogP contribution in [0.2, 0.25) is 5.02 Å². The molecule has 2 N–H and O–H groups in total. The van der Waals surface area contributed by atoms with Gasteiger partial charge in [0.15, 0.2) is 0 Å². The zero-order valence-corrected chi connectivity index (χ0v) is 10.2. The monoisotopic (exact) mass is 248 g/mol. The van der Waals surface area contributed by atoms with Crippen molar-refractivity contribution in [3.8, 4) is 17.0 Å². The van der Waals surface area contributed by atoms with Crippen LogP contribution >= 0.6 is 11.6 Å². The fourth-order valence-electron chi connectivity index (χ4n) is 1.55. The summed E-state index contributed by atoms with van der Waals surface area (Å²) in [4.78, 5) is 4.30. The highest BCUT2D eigenvalue weighted by Crippen LogP contribution is 2.28. The molecule has 0 unspecified atom stereocenters. The molecule has 2 rings (SSSR count). The molecule has 0 aliphatic carbocycles. The highest BCUT2D eigenvalue weighted by Gasteiger charge is 2.05. The van der Waals surface area contributed by atoms with Crippen molar-refractivity contribution in [3.05, 3.63) is 47.1 Å². The van der Waals surface area contributed by atoms with E-state index in [-0.39, 0.29) is 0 Å². The molecule has 1 aromatic carbocycles. The lowest BCUT2D eigenvalue weighted by atomic mass is 10.1. The summed E-state index contributed by atoms with van der Waals surface area (Å²) in [6.07, 6.45) is 1.67. The Bertz CT molecular complexity index is 511. The number of benzene rings is 1. The lowest BCUT2D eigenvalue weighted by Gasteiger charge is -2.06. The van der Waals surface area contributed by atoms with E-state index in [1.54, 1.807) is 13.3 Å². The number of nitrogens with zero attached hydrogens (tertiary/aromatic N) is 1. The van der Waals surface area contributed by atoms with Crippen LogP contribution in [-0.2, 0) is 6.54 Å². The van der Waals surface area contributed by atoms with Gasteiger partial charge in [-0.3, -0.25) is 4.98 Å². The molecule has 2 aromatic rings. The highest BCUT2D eigenvalue weighted by molar-refractivity contribution is 6.33. The summed E-state index contributed by atoms with van der Waals surface area (Å²) in [7, 11) is 1.61. The standard InChI is InChI=1S/C13H13ClN2O/c1-17-10-3-5-13(16-8-10)11-4-2-9(7-15)6-12(11)14/h2-6,8H,7,15H2,1H3. The van der Waals surface area contributed by atoms with Crippen molar-refractivity contribution < 1.29 is 4.74 Å². The maximum Gasteiger partial charge on any atom is 0.137 e. The Labute approximate surface area is 105 Å². The normalized spacial score (nSPS) is 10.3. The first kappa shape index (κ1) is 11.9. The first-order valence-corrected chi connectivity index (χ1v) is 5.61. The van der Waals surface area contributed by atoms with Gasteiger partial charge in [-0.25, -0.2) is 0 Å². The second-order valence-electron chi connectivity index (χ2n) is 3.60. The Morgan fingerprint density at radius 1 is 1.29 bits per heavy atom. The van der Waals surface area contributed by atoms with Crippen molar-refractivity contribution in [1.82, 2.24) is 4.98 Å². The molecule has 0 fully saturated rings. The molecular formula is C13H13ClN2O. The summed E-state index contributed by atoms with van der Waals surface area (Å²) in [6, 6.07) is 9.48. The smallest absolute Gasteiger partial charge is 0.137 e. The number of rotatable bonds is 3. The van der Waals surface area contributed by atoms with E-state index in [1.165, 1.54) is 0 Å². The Balaban J connectivity index is 2.38. The van der Waals surface area contributed by atoms with Gasteiger partial charge in [-0.15, -0.1) is 0 Å². The van der Waals surface area contributed by atoms with Crippen LogP contribution in [0.5, 0.6) is 5.75 Å². The van der Waals surface area contributed by atoms with Crippen LogP contribution in [0.3, 0.4) is 0 Å². The molecule has 0 saturated heterocycles. The van der Waals surface area contributed by atoms with Crippen molar-refractivity contribution >= 4 is 11.6 Å². The molecule has 0 atom stereocenters. The second kappa shape index (κ2) is 5.17. The topological polar surface area (TPSA) is 48.1 Å². The summed E-state index contributed by atoms with van der Waals surface area (Å²) >= 11 is 6.19. The predicted octanol–water partition coefficient (Wildman–Crippen LogP) is 2.87. The van der Waals surface area contributed by atoms with Gasteiger partial charge in [0, 0.05) is 12.1 Å². The lowest BCUT2D eigenvalue weighted by molar-refractivity contribution is 0.413. The van der Waals surface area contributed by atoms with E-state index in [1.807, 2.05) is 30.3 Å². The molecule has 4 heteroatoms. The molecule has 0 aliphatic rings. The summed E-state index contributed by atoms with van der Waals surface area (Å²) in [5, 5.41) is 0.658. The summed E-state index contributed by atoms with van der Waals surface area (Å²) < 4.78 is 5.06. The van der Waals surface area contributed by atoms with Gasteiger partial charge in [-0.2, -0.15) is 0 Å². The molecule has 17 heavy (non-hydrogen) atoms. The molecule has 0 bridgehead atoms. The van der Waals surface area contributed by atoms with E-state index in [0.29, 0.717) is 11.6 Å². The number of halogens is 1. The largest absolute Gasteiger partial charge is 0.495 e. The third-order valence-corrected chi connectivity index (χ3v) is 2.83. The minimum Gasteiger partial charge on any atom is -0.495 e. The summed E-state index contributed by atoms with van der Waals surface area (Å²) in [5.41, 5.74) is 8.28. The first-order valence-electron chi connectivity index (χ1n) is 5.23. The summed E-state index contributed by atoms with van der Waals surface area (Å²) in [5.74, 6) is 0.725. The number of aromatic nitrogens is 1. The van der Waals surface area contributed by atoms with Crippen LogP contribution in [0.4, 0.5) is 0 Å². The number of ether oxygens (including phenoxy) is 1. The van der Waals surface area contributed by atoms with E-state index in [9.17, 15) is 0 Å². The average molecular weight is 249 g/mol. The minimum atomic E-state index is 0.482. The fourth-order valence-corrected chi connectivity index (χ4v) is 1.85. The van der Waals surface area contributed by atoms with Crippen LogP contribution < -0.4 is 10.5 Å². The van der Waals surface area contributed by atoms with Crippen molar-refractivity contribution in [3.63, 3.8) is 0 Å². The quantitative estimate of drug-likeness (QED) is 0.909. The van der Waals surface area contributed by atoms with Gasteiger partial charge >= 0.3 is 0 Å². The van der Waals surface area contributed by atoms with E-state index < -0.39 is 0 Å². The molecule has 1 aromatic heterocycles.